The first-order valence-electron chi connectivity index (χ1n) is 10.3. The molecule has 1 amide bonds. The Balaban J connectivity index is 1.51. The molecule has 8 heteroatoms. The zero-order valence-corrected chi connectivity index (χ0v) is 18.5. The highest BCUT2D eigenvalue weighted by atomic mass is 32.2. The van der Waals surface area contributed by atoms with Crippen LogP contribution in [-0.2, 0) is 4.79 Å². The van der Waals surface area contributed by atoms with E-state index in [-0.39, 0.29) is 11.7 Å². The lowest BCUT2D eigenvalue weighted by Gasteiger charge is -2.21. The summed E-state index contributed by atoms with van der Waals surface area (Å²) in [7, 11) is 0. The number of amides is 1. The molecule has 0 radical (unpaired) electrons. The van der Waals surface area contributed by atoms with E-state index >= 15 is 0 Å². The number of fused-ring (bicyclic) bond motifs is 3. The largest absolute Gasteiger partial charge is 0.461 e. The summed E-state index contributed by atoms with van der Waals surface area (Å²) in [5.74, 6) is 1.46. The third kappa shape index (κ3) is 3.62. The molecule has 32 heavy (non-hydrogen) atoms. The predicted octanol–water partition coefficient (Wildman–Crippen LogP) is 4.99. The maximum atomic E-state index is 13.1. The molecule has 3 aromatic heterocycles. The van der Waals surface area contributed by atoms with Crippen molar-refractivity contribution in [1.29, 1.82) is 0 Å². The van der Waals surface area contributed by atoms with Crippen molar-refractivity contribution in [2.75, 3.05) is 17.2 Å². The van der Waals surface area contributed by atoms with Crippen LogP contribution in [0.3, 0.4) is 0 Å². The number of carbonyl (C=O) groups is 1. The van der Waals surface area contributed by atoms with Crippen LogP contribution in [0.15, 0.2) is 76.5 Å². The van der Waals surface area contributed by atoms with Crippen LogP contribution < -0.4 is 4.90 Å². The van der Waals surface area contributed by atoms with Crippen molar-refractivity contribution in [1.82, 2.24) is 19.6 Å². The van der Waals surface area contributed by atoms with Crippen molar-refractivity contribution in [2.45, 2.75) is 19.0 Å². The van der Waals surface area contributed by atoms with Crippen molar-refractivity contribution < 1.29 is 9.21 Å². The van der Waals surface area contributed by atoms with Gasteiger partial charge in [0.05, 0.1) is 17.5 Å². The fourth-order valence-corrected chi connectivity index (χ4v) is 4.54. The van der Waals surface area contributed by atoms with Gasteiger partial charge in [0, 0.05) is 17.6 Å². The lowest BCUT2D eigenvalue weighted by atomic mass is 10.2. The molecular weight excluding hydrogens is 422 g/mol. The standard InChI is InChI=1S/C24H21N5O2S/c1-3-28(17-9-6-8-16(2)14-17)21(30)15-32-24-27-26-22-18-10-4-5-11-19(18)25-23(29(22)24)20-12-7-13-31-20/h4-14H,3,15H2,1-2H3. The highest BCUT2D eigenvalue weighted by Crippen LogP contribution is 2.29. The number of para-hydroxylation sites is 1. The van der Waals surface area contributed by atoms with Gasteiger partial charge in [-0.2, -0.15) is 0 Å². The summed E-state index contributed by atoms with van der Waals surface area (Å²) in [5, 5.41) is 10.3. The zero-order valence-electron chi connectivity index (χ0n) is 17.7. The normalized spacial score (nSPS) is 11.3. The average molecular weight is 444 g/mol. The van der Waals surface area contributed by atoms with Crippen molar-refractivity contribution >= 4 is 39.9 Å². The average Bonchev–Trinajstić information content (AvgIpc) is 3.48. The van der Waals surface area contributed by atoms with E-state index in [1.54, 1.807) is 11.2 Å². The third-order valence-electron chi connectivity index (χ3n) is 5.21. The Hall–Kier alpha value is -3.65. The van der Waals surface area contributed by atoms with Gasteiger partial charge in [-0.15, -0.1) is 10.2 Å². The Morgan fingerprint density at radius 3 is 2.75 bits per heavy atom. The Bertz CT molecular complexity index is 1410. The van der Waals surface area contributed by atoms with Crippen molar-refractivity contribution in [3.8, 4) is 11.6 Å². The minimum atomic E-state index is 0.00754. The molecule has 0 aliphatic rings. The first-order valence-corrected chi connectivity index (χ1v) is 11.3. The monoisotopic (exact) mass is 443 g/mol. The number of aromatic nitrogens is 4. The topological polar surface area (TPSA) is 76.5 Å². The van der Waals surface area contributed by atoms with Crippen molar-refractivity contribution in [2.24, 2.45) is 0 Å². The first kappa shape index (κ1) is 20.3. The van der Waals surface area contributed by atoms with Crippen LogP contribution in [-0.4, -0.2) is 37.8 Å². The number of benzene rings is 2. The summed E-state index contributed by atoms with van der Waals surface area (Å²) in [6, 6.07) is 19.4. The van der Waals surface area contributed by atoms with Crippen molar-refractivity contribution in [3.05, 3.63) is 72.5 Å². The maximum absolute atomic E-state index is 13.1. The van der Waals surface area contributed by atoms with Gasteiger partial charge in [-0.25, -0.2) is 4.98 Å². The number of nitrogens with zero attached hydrogens (tertiary/aromatic N) is 5. The van der Waals surface area contributed by atoms with Gasteiger partial charge in [0.15, 0.2) is 22.4 Å². The van der Waals surface area contributed by atoms with E-state index in [0.29, 0.717) is 28.9 Å². The van der Waals surface area contributed by atoms with E-state index < -0.39 is 0 Å². The fourth-order valence-electron chi connectivity index (χ4n) is 3.73. The SMILES string of the molecule is CCN(C(=O)CSc1nnc2c3ccccc3nc(-c3ccco3)n12)c1cccc(C)c1. The minimum absolute atomic E-state index is 0.00754. The van der Waals surface area contributed by atoms with E-state index in [9.17, 15) is 4.79 Å². The predicted molar refractivity (Wildman–Crippen MR) is 126 cm³/mol. The molecule has 0 fully saturated rings. The Labute approximate surface area is 189 Å². The number of hydrogen-bond acceptors (Lipinski definition) is 6. The molecule has 7 nitrogen and oxygen atoms in total. The van der Waals surface area contributed by atoms with Gasteiger partial charge < -0.3 is 9.32 Å². The van der Waals surface area contributed by atoms with Gasteiger partial charge in [-0.05, 0) is 55.8 Å². The lowest BCUT2D eigenvalue weighted by molar-refractivity contribution is -0.116. The summed E-state index contributed by atoms with van der Waals surface area (Å²) < 4.78 is 7.49. The summed E-state index contributed by atoms with van der Waals surface area (Å²) >= 11 is 1.34. The van der Waals surface area contributed by atoms with Gasteiger partial charge in [0.25, 0.3) is 0 Å². The van der Waals surface area contributed by atoms with E-state index in [1.807, 2.05) is 78.9 Å². The highest BCUT2D eigenvalue weighted by Gasteiger charge is 2.20. The Kier molecular flexibility index (Phi) is 5.36. The maximum Gasteiger partial charge on any atom is 0.237 e. The molecule has 0 spiro atoms. The number of hydrogen-bond donors (Lipinski definition) is 0. The summed E-state index contributed by atoms with van der Waals surface area (Å²) in [5.41, 5.74) is 3.50. The second kappa shape index (κ2) is 8.47. The molecular formula is C24H21N5O2S. The Morgan fingerprint density at radius 2 is 1.97 bits per heavy atom. The molecule has 3 heterocycles. The van der Waals surface area contributed by atoms with Crippen LogP contribution in [0.2, 0.25) is 0 Å². The molecule has 5 aromatic rings. The number of aryl methyl sites for hydroxylation is 1. The van der Waals surface area contributed by atoms with Gasteiger partial charge in [-0.3, -0.25) is 9.20 Å². The molecule has 0 saturated carbocycles. The van der Waals surface area contributed by atoms with Crippen LogP contribution >= 0.6 is 11.8 Å². The molecule has 0 aliphatic heterocycles. The quantitative estimate of drug-likeness (QED) is 0.344. The van der Waals surface area contributed by atoms with Crippen LogP contribution in [0.1, 0.15) is 12.5 Å². The third-order valence-corrected chi connectivity index (χ3v) is 6.13. The molecule has 0 saturated heterocycles. The van der Waals surface area contributed by atoms with E-state index in [1.165, 1.54) is 11.8 Å². The van der Waals surface area contributed by atoms with Crippen LogP contribution in [0.5, 0.6) is 0 Å². The minimum Gasteiger partial charge on any atom is -0.461 e. The molecule has 5 rings (SSSR count). The molecule has 0 bridgehead atoms. The second-order valence-electron chi connectivity index (χ2n) is 7.34. The molecule has 160 valence electrons. The summed E-state index contributed by atoms with van der Waals surface area (Å²) in [6.07, 6.45) is 1.61. The number of furan rings is 1. The van der Waals surface area contributed by atoms with Gasteiger partial charge >= 0.3 is 0 Å². The molecule has 0 unspecified atom stereocenters. The summed E-state index contributed by atoms with van der Waals surface area (Å²) in [6.45, 7) is 4.59. The van der Waals surface area contributed by atoms with Gasteiger partial charge in [-0.1, -0.05) is 36.0 Å². The van der Waals surface area contributed by atoms with Gasteiger partial charge in [0.2, 0.25) is 5.91 Å². The van der Waals surface area contributed by atoms with E-state index in [2.05, 4.69) is 10.2 Å². The molecule has 0 atom stereocenters. The number of thioether (sulfide) groups is 1. The van der Waals surface area contributed by atoms with E-state index in [0.717, 1.165) is 22.2 Å². The summed E-state index contributed by atoms with van der Waals surface area (Å²) in [4.78, 5) is 19.6. The fraction of sp³-hybridized carbons (Fsp3) is 0.167. The Morgan fingerprint density at radius 1 is 1.09 bits per heavy atom. The molecule has 0 N–H and O–H groups in total. The lowest BCUT2D eigenvalue weighted by Crippen LogP contribution is -2.32. The van der Waals surface area contributed by atoms with Crippen LogP contribution in [0.25, 0.3) is 28.1 Å². The van der Waals surface area contributed by atoms with E-state index in [4.69, 9.17) is 9.40 Å². The molecule has 2 aromatic carbocycles. The molecule has 0 aliphatic carbocycles. The van der Waals surface area contributed by atoms with Crippen LogP contribution in [0.4, 0.5) is 5.69 Å². The van der Waals surface area contributed by atoms with Gasteiger partial charge in [0.1, 0.15) is 0 Å². The number of rotatable bonds is 6. The number of anilines is 1. The van der Waals surface area contributed by atoms with Crippen molar-refractivity contribution in [3.63, 3.8) is 0 Å². The first-order chi connectivity index (χ1) is 15.7. The van der Waals surface area contributed by atoms with Crippen LogP contribution in [0, 0.1) is 6.92 Å². The smallest absolute Gasteiger partial charge is 0.237 e. The number of carbonyl (C=O) groups excluding carboxylic acids is 1. The second-order valence-corrected chi connectivity index (χ2v) is 8.28. The highest BCUT2D eigenvalue weighted by molar-refractivity contribution is 7.99. The zero-order chi connectivity index (χ0) is 22.1.